The third kappa shape index (κ3) is 4.30. The molecular weight excluding hydrogens is 454 g/mol. The molecule has 7 nitrogen and oxygen atoms in total. The Morgan fingerprint density at radius 3 is 2.82 bits per heavy atom. The van der Waals surface area contributed by atoms with Gasteiger partial charge in [-0.15, -0.1) is 0 Å². The zero-order chi connectivity index (χ0) is 23.2. The standard InChI is InChI=1S/C23H21ClF2N4O3/c24-15-5-14-7-18(28-20(14)27-9-15)21(31)29-19(6-13-1-2-16(25)8-17(13)26)22(32)30-10-23(11-30)3-4-33-12-23/h1-2,5,7-9,19H,3-4,6,10-12H2,(H,27,28)(H,29,31)/t19-/m0/s1. The van der Waals surface area contributed by atoms with Gasteiger partial charge in [0, 0.05) is 49.2 Å². The SMILES string of the molecule is O=C(N[C@@H](Cc1ccc(F)cc1F)C(=O)N1CC2(CCOC2)C1)c1cc2cc(Cl)cnc2[nH]1. The molecule has 2 saturated heterocycles. The molecule has 2 N–H and O–H groups in total. The highest BCUT2D eigenvalue weighted by Gasteiger charge is 2.48. The number of amides is 2. The Hall–Kier alpha value is -3.04. The number of hydrogen-bond acceptors (Lipinski definition) is 4. The van der Waals surface area contributed by atoms with Crippen LogP contribution in [0, 0.1) is 17.0 Å². The van der Waals surface area contributed by atoms with Crippen molar-refractivity contribution in [3.63, 3.8) is 0 Å². The van der Waals surface area contributed by atoms with Crippen molar-refractivity contribution < 1.29 is 23.1 Å². The smallest absolute Gasteiger partial charge is 0.268 e. The molecule has 33 heavy (non-hydrogen) atoms. The highest BCUT2D eigenvalue weighted by molar-refractivity contribution is 6.31. The van der Waals surface area contributed by atoms with Crippen LogP contribution in [0.25, 0.3) is 11.0 Å². The Bertz CT molecular complexity index is 1230. The van der Waals surface area contributed by atoms with Crippen LogP contribution in [-0.2, 0) is 16.0 Å². The number of carbonyl (C=O) groups is 2. The summed E-state index contributed by atoms with van der Waals surface area (Å²) < 4.78 is 33.1. The number of aromatic amines is 1. The minimum absolute atomic E-state index is 0.0343. The largest absolute Gasteiger partial charge is 0.381 e. The molecule has 0 bridgehead atoms. The summed E-state index contributed by atoms with van der Waals surface area (Å²) in [6.45, 7) is 2.32. The highest BCUT2D eigenvalue weighted by atomic mass is 35.5. The summed E-state index contributed by atoms with van der Waals surface area (Å²) in [5.41, 5.74) is 0.775. The van der Waals surface area contributed by atoms with Crippen LogP contribution in [0.2, 0.25) is 5.02 Å². The van der Waals surface area contributed by atoms with Gasteiger partial charge in [0.05, 0.1) is 11.6 Å². The minimum atomic E-state index is -1.03. The summed E-state index contributed by atoms with van der Waals surface area (Å²) in [6.07, 6.45) is 2.23. The van der Waals surface area contributed by atoms with E-state index in [1.54, 1.807) is 17.0 Å². The number of nitrogens with zero attached hydrogens (tertiary/aromatic N) is 2. The van der Waals surface area contributed by atoms with Gasteiger partial charge < -0.3 is 19.9 Å². The van der Waals surface area contributed by atoms with Crippen molar-refractivity contribution >= 4 is 34.4 Å². The van der Waals surface area contributed by atoms with Gasteiger partial charge in [-0.3, -0.25) is 9.59 Å². The molecular formula is C23H21ClF2N4O3. The molecule has 0 aliphatic carbocycles. The monoisotopic (exact) mass is 474 g/mol. The van der Waals surface area contributed by atoms with Gasteiger partial charge in [-0.2, -0.15) is 0 Å². The van der Waals surface area contributed by atoms with Gasteiger partial charge in [0.2, 0.25) is 5.91 Å². The number of halogens is 3. The Morgan fingerprint density at radius 2 is 2.09 bits per heavy atom. The lowest BCUT2D eigenvalue weighted by atomic mass is 9.79. The lowest BCUT2D eigenvalue weighted by molar-refractivity contribution is -0.145. The molecule has 2 aromatic heterocycles. The Balaban J connectivity index is 1.37. The molecule has 2 amide bonds. The van der Waals surface area contributed by atoms with Crippen LogP contribution < -0.4 is 5.32 Å². The second-order valence-electron chi connectivity index (χ2n) is 8.74. The quantitative estimate of drug-likeness (QED) is 0.595. The second-order valence-corrected chi connectivity index (χ2v) is 9.17. The number of ether oxygens (including phenoxy) is 1. The molecule has 1 spiro atoms. The maximum absolute atomic E-state index is 14.3. The van der Waals surface area contributed by atoms with Crippen molar-refractivity contribution in [1.29, 1.82) is 0 Å². The predicted octanol–water partition coefficient (Wildman–Crippen LogP) is 3.08. The van der Waals surface area contributed by atoms with Crippen molar-refractivity contribution in [1.82, 2.24) is 20.2 Å². The number of pyridine rings is 1. The summed E-state index contributed by atoms with van der Waals surface area (Å²) in [7, 11) is 0. The van der Waals surface area contributed by atoms with E-state index in [-0.39, 0.29) is 29.0 Å². The Labute approximate surface area is 193 Å². The number of benzene rings is 1. The van der Waals surface area contributed by atoms with E-state index in [0.717, 1.165) is 18.6 Å². The normalized spacial score (nSPS) is 17.8. The number of carbonyl (C=O) groups excluding carboxylic acids is 2. The van der Waals surface area contributed by atoms with Crippen LogP contribution in [-0.4, -0.2) is 59.0 Å². The fourth-order valence-electron chi connectivity index (χ4n) is 4.49. The molecule has 1 aromatic carbocycles. The van der Waals surface area contributed by atoms with E-state index in [1.807, 2.05) is 0 Å². The molecule has 1 atom stereocenters. The molecule has 0 saturated carbocycles. The zero-order valence-electron chi connectivity index (χ0n) is 17.5. The van der Waals surface area contributed by atoms with Crippen LogP contribution in [0.1, 0.15) is 22.5 Å². The molecule has 172 valence electrons. The van der Waals surface area contributed by atoms with Gasteiger partial charge in [-0.05, 0) is 30.2 Å². The van der Waals surface area contributed by atoms with Crippen LogP contribution in [0.5, 0.6) is 0 Å². The van der Waals surface area contributed by atoms with Gasteiger partial charge >= 0.3 is 0 Å². The Kier molecular flexibility index (Phi) is 5.54. The first-order chi connectivity index (χ1) is 15.8. The van der Waals surface area contributed by atoms with Crippen LogP contribution in [0.15, 0.2) is 36.5 Å². The first-order valence-corrected chi connectivity index (χ1v) is 11.0. The van der Waals surface area contributed by atoms with E-state index < -0.39 is 23.6 Å². The first kappa shape index (κ1) is 21.8. The average Bonchev–Trinajstić information content (AvgIpc) is 3.40. The number of H-pyrrole nitrogens is 1. The Morgan fingerprint density at radius 1 is 1.27 bits per heavy atom. The maximum Gasteiger partial charge on any atom is 0.268 e. The maximum atomic E-state index is 14.3. The lowest BCUT2D eigenvalue weighted by Gasteiger charge is -2.48. The van der Waals surface area contributed by atoms with E-state index in [2.05, 4.69) is 15.3 Å². The van der Waals surface area contributed by atoms with Gasteiger partial charge in [-0.25, -0.2) is 13.8 Å². The summed E-state index contributed by atoms with van der Waals surface area (Å²) in [5, 5.41) is 3.78. The number of nitrogens with one attached hydrogen (secondary N) is 2. The van der Waals surface area contributed by atoms with Gasteiger partial charge in [0.25, 0.3) is 5.91 Å². The third-order valence-electron chi connectivity index (χ3n) is 6.27. The fraction of sp³-hybridized carbons (Fsp3) is 0.348. The second kappa shape index (κ2) is 8.39. The van der Waals surface area contributed by atoms with E-state index in [1.165, 1.54) is 12.3 Å². The molecule has 5 rings (SSSR count). The summed E-state index contributed by atoms with van der Waals surface area (Å²) in [5.74, 6) is -2.33. The van der Waals surface area contributed by atoms with Gasteiger partial charge in [0.1, 0.15) is 29.0 Å². The molecule has 10 heteroatoms. The molecule has 2 aliphatic heterocycles. The van der Waals surface area contributed by atoms with Gasteiger partial charge in [0.15, 0.2) is 0 Å². The zero-order valence-corrected chi connectivity index (χ0v) is 18.3. The number of rotatable bonds is 5. The number of likely N-dealkylation sites (tertiary alicyclic amines) is 1. The molecule has 2 aliphatic rings. The van der Waals surface area contributed by atoms with Crippen LogP contribution in [0.4, 0.5) is 8.78 Å². The van der Waals surface area contributed by atoms with Crippen molar-refractivity contribution in [3.8, 4) is 0 Å². The molecule has 0 unspecified atom stereocenters. The third-order valence-corrected chi connectivity index (χ3v) is 6.48. The fourth-order valence-corrected chi connectivity index (χ4v) is 4.66. The molecule has 0 radical (unpaired) electrons. The topological polar surface area (TPSA) is 87.3 Å². The summed E-state index contributed by atoms with van der Waals surface area (Å²) in [4.78, 5) is 34.9. The van der Waals surface area contributed by atoms with Crippen LogP contribution >= 0.6 is 11.6 Å². The van der Waals surface area contributed by atoms with Crippen molar-refractivity contribution in [2.75, 3.05) is 26.3 Å². The van der Waals surface area contributed by atoms with E-state index in [0.29, 0.717) is 42.4 Å². The number of fused-ring (bicyclic) bond motifs is 1. The molecule has 4 heterocycles. The average molecular weight is 475 g/mol. The predicted molar refractivity (Wildman–Crippen MR) is 117 cm³/mol. The van der Waals surface area contributed by atoms with E-state index in [9.17, 15) is 18.4 Å². The van der Waals surface area contributed by atoms with Crippen molar-refractivity contribution in [3.05, 3.63) is 64.4 Å². The van der Waals surface area contributed by atoms with Crippen molar-refractivity contribution in [2.24, 2.45) is 5.41 Å². The van der Waals surface area contributed by atoms with E-state index >= 15 is 0 Å². The number of aromatic nitrogens is 2. The van der Waals surface area contributed by atoms with Gasteiger partial charge in [-0.1, -0.05) is 17.7 Å². The number of hydrogen-bond donors (Lipinski definition) is 2. The highest BCUT2D eigenvalue weighted by Crippen LogP contribution is 2.38. The molecule has 3 aromatic rings. The van der Waals surface area contributed by atoms with E-state index in [4.69, 9.17) is 16.3 Å². The summed E-state index contributed by atoms with van der Waals surface area (Å²) in [6, 6.07) is 5.40. The molecule has 2 fully saturated rings. The lowest BCUT2D eigenvalue weighted by Crippen LogP contribution is -2.63. The first-order valence-electron chi connectivity index (χ1n) is 10.6. The minimum Gasteiger partial charge on any atom is -0.381 e. The van der Waals surface area contributed by atoms with Crippen molar-refractivity contribution in [2.45, 2.75) is 18.9 Å². The van der Waals surface area contributed by atoms with Crippen LogP contribution in [0.3, 0.4) is 0 Å². The summed E-state index contributed by atoms with van der Waals surface area (Å²) >= 11 is 5.96.